The van der Waals surface area contributed by atoms with Crippen LogP contribution in [0.5, 0.6) is 0 Å². The van der Waals surface area contributed by atoms with E-state index in [1.807, 2.05) is 26.8 Å². The van der Waals surface area contributed by atoms with Gasteiger partial charge >= 0.3 is 0 Å². The van der Waals surface area contributed by atoms with E-state index >= 15 is 0 Å². The van der Waals surface area contributed by atoms with Crippen LogP contribution >= 0.6 is 0 Å². The van der Waals surface area contributed by atoms with E-state index in [1.165, 1.54) is 48.3 Å². The molecule has 3 aromatic carbocycles. The van der Waals surface area contributed by atoms with Gasteiger partial charge in [0.25, 0.3) is 10.0 Å². The molecule has 2 amide bonds. The first-order valence-corrected chi connectivity index (χ1v) is 13.8. The number of nitrogens with one attached hydrogen (secondary N) is 1. The minimum absolute atomic E-state index is 0.0102. The first-order valence-electron chi connectivity index (χ1n) is 12.4. The third-order valence-electron chi connectivity index (χ3n) is 6.63. The second-order valence-electron chi connectivity index (χ2n) is 9.23. The maximum absolute atomic E-state index is 13.9. The van der Waals surface area contributed by atoms with E-state index in [-0.39, 0.29) is 17.3 Å². The van der Waals surface area contributed by atoms with Crippen molar-refractivity contribution in [2.24, 2.45) is 0 Å². The van der Waals surface area contributed by atoms with Crippen LogP contribution < -0.4 is 9.62 Å². The average Bonchev–Trinajstić information content (AvgIpc) is 2.90. The Morgan fingerprint density at radius 2 is 1.58 bits per heavy atom. The molecule has 1 atom stereocenters. The average molecular weight is 540 g/mol. The molecule has 0 radical (unpaired) electrons. The van der Waals surface area contributed by atoms with E-state index in [0.29, 0.717) is 17.7 Å². The van der Waals surface area contributed by atoms with Crippen LogP contribution in [0.15, 0.2) is 71.6 Å². The highest BCUT2D eigenvalue weighted by molar-refractivity contribution is 7.92. The summed E-state index contributed by atoms with van der Waals surface area (Å²) in [5.74, 6) is -1.35. The molecule has 0 aliphatic carbocycles. The summed E-state index contributed by atoms with van der Waals surface area (Å²) in [6.45, 7) is 6.81. The van der Waals surface area contributed by atoms with Gasteiger partial charge in [-0.05, 0) is 74.2 Å². The summed E-state index contributed by atoms with van der Waals surface area (Å²) in [6.07, 6.45) is 0.306. The Morgan fingerprint density at radius 3 is 2.16 bits per heavy atom. The van der Waals surface area contributed by atoms with E-state index in [4.69, 9.17) is 0 Å². The zero-order chi connectivity index (χ0) is 28.0. The number of likely N-dealkylation sites (N-methyl/N-ethyl adjacent to an activating group) is 1. The number of hydrogen-bond acceptors (Lipinski definition) is 4. The number of carbonyl (C=O) groups is 2. The van der Waals surface area contributed by atoms with Crippen molar-refractivity contribution < 1.29 is 22.4 Å². The van der Waals surface area contributed by atoms with Gasteiger partial charge in [0, 0.05) is 13.6 Å². The van der Waals surface area contributed by atoms with Crippen molar-refractivity contribution >= 4 is 27.5 Å². The molecule has 38 heavy (non-hydrogen) atoms. The molecule has 0 aromatic heterocycles. The summed E-state index contributed by atoms with van der Waals surface area (Å²) in [5.41, 5.74) is 3.49. The van der Waals surface area contributed by atoms with Gasteiger partial charge in [-0.15, -0.1) is 0 Å². The first-order chi connectivity index (χ1) is 18.0. The van der Waals surface area contributed by atoms with Crippen molar-refractivity contribution in [2.75, 3.05) is 17.9 Å². The summed E-state index contributed by atoms with van der Waals surface area (Å²) < 4.78 is 42.5. The molecule has 0 heterocycles. The molecule has 0 fully saturated rings. The fourth-order valence-corrected chi connectivity index (χ4v) is 5.70. The quantitative estimate of drug-likeness (QED) is 0.411. The molecule has 0 aliphatic rings. The van der Waals surface area contributed by atoms with Crippen molar-refractivity contribution in [3.63, 3.8) is 0 Å². The molecule has 0 aliphatic heterocycles. The minimum Gasteiger partial charge on any atom is -0.357 e. The largest absolute Gasteiger partial charge is 0.357 e. The van der Waals surface area contributed by atoms with Crippen molar-refractivity contribution in [3.8, 4) is 0 Å². The lowest BCUT2D eigenvalue weighted by molar-refractivity contribution is -0.140. The number of rotatable bonds is 10. The second kappa shape index (κ2) is 12.2. The van der Waals surface area contributed by atoms with Gasteiger partial charge < -0.3 is 10.2 Å². The molecule has 202 valence electrons. The summed E-state index contributed by atoms with van der Waals surface area (Å²) in [5, 5.41) is 2.58. The number of amides is 2. The first kappa shape index (κ1) is 28.8. The number of hydrogen-bond donors (Lipinski definition) is 1. The normalized spacial score (nSPS) is 12.1. The second-order valence-corrected chi connectivity index (χ2v) is 11.1. The Morgan fingerprint density at radius 1 is 0.947 bits per heavy atom. The van der Waals surface area contributed by atoms with Gasteiger partial charge in [-0.25, -0.2) is 12.8 Å². The number of halogens is 1. The molecule has 9 heteroatoms. The minimum atomic E-state index is -4.14. The van der Waals surface area contributed by atoms with Gasteiger partial charge in [-0.1, -0.05) is 48.9 Å². The summed E-state index contributed by atoms with van der Waals surface area (Å²) >= 11 is 0. The predicted octanol–water partition coefficient (Wildman–Crippen LogP) is 4.50. The zero-order valence-corrected chi connectivity index (χ0v) is 23.2. The summed E-state index contributed by atoms with van der Waals surface area (Å²) in [4.78, 5) is 28.1. The van der Waals surface area contributed by atoms with Gasteiger partial charge in [0.1, 0.15) is 18.4 Å². The lowest BCUT2D eigenvalue weighted by atomic mass is 10.1. The van der Waals surface area contributed by atoms with Crippen LogP contribution in [0.1, 0.15) is 35.6 Å². The molecule has 0 spiro atoms. The van der Waals surface area contributed by atoms with Crippen LogP contribution in [0.2, 0.25) is 0 Å². The highest BCUT2D eigenvalue weighted by atomic mass is 32.2. The Bertz CT molecular complexity index is 1390. The van der Waals surface area contributed by atoms with Crippen molar-refractivity contribution in [2.45, 2.75) is 51.6 Å². The lowest BCUT2D eigenvalue weighted by Gasteiger charge is -2.33. The molecule has 7 nitrogen and oxygen atoms in total. The third kappa shape index (κ3) is 6.39. The van der Waals surface area contributed by atoms with E-state index in [2.05, 4.69) is 5.32 Å². The van der Waals surface area contributed by atoms with Crippen molar-refractivity contribution in [3.05, 3.63) is 94.8 Å². The van der Waals surface area contributed by atoms with Crippen LogP contribution in [-0.4, -0.2) is 44.8 Å². The number of anilines is 1. The van der Waals surface area contributed by atoms with Crippen LogP contribution in [0.3, 0.4) is 0 Å². The van der Waals surface area contributed by atoms with Crippen LogP contribution in [0.25, 0.3) is 0 Å². The smallest absolute Gasteiger partial charge is 0.264 e. The van der Waals surface area contributed by atoms with Crippen LogP contribution in [-0.2, 0) is 26.2 Å². The number of aryl methyl sites for hydroxylation is 2. The monoisotopic (exact) mass is 539 g/mol. The number of nitrogens with zero attached hydrogens (tertiary/aromatic N) is 2. The van der Waals surface area contributed by atoms with Crippen molar-refractivity contribution in [1.29, 1.82) is 0 Å². The standard InChI is InChI=1S/C29H34FN3O4S/c1-6-26(29(35)31-5)32(18-23-12-14-24(30)15-13-23)28(34)19-33(27-9-7-8-21(3)22(27)4)38(36,37)25-16-10-20(2)11-17-25/h7-17,26H,6,18-19H2,1-5H3,(H,31,35). The number of sulfonamides is 1. The third-order valence-corrected chi connectivity index (χ3v) is 8.41. The molecule has 0 bridgehead atoms. The van der Waals surface area contributed by atoms with E-state index in [9.17, 15) is 22.4 Å². The fourth-order valence-electron chi connectivity index (χ4n) is 4.23. The molecule has 3 rings (SSSR count). The van der Waals surface area contributed by atoms with E-state index in [1.54, 1.807) is 31.2 Å². The lowest BCUT2D eigenvalue weighted by Crippen LogP contribution is -2.51. The summed E-state index contributed by atoms with van der Waals surface area (Å²) in [7, 11) is -2.66. The highest BCUT2D eigenvalue weighted by Gasteiger charge is 2.34. The van der Waals surface area contributed by atoms with Gasteiger partial charge in [-0.3, -0.25) is 13.9 Å². The molecule has 1 unspecified atom stereocenters. The zero-order valence-electron chi connectivity index (χ0n) is 22.4. The SMILES string of the molecule is CCC(C(=O)NC)N(Cc1ccc(F)cc1)C(=O)CN(c1cccc(C)c1C)S(=O)(=O)c1ccc(C)cc1. The Kier molecular flexibility index (Phi) is 9.27. The topological polar surface area (TPSA) is 86.8 Å². The molecule has 3 aromatic rings. The predicted molar refractivity (Wildman–Crippen MR) is 147 cm³/mol. The Balaban J connectivity index is 2.10. The molecule has 0 saturated heterocycles. The maximum Gasteiger partial charge on any atom is 0.264 e. The van der Waals surface area contributed by atoms with Gasteiger partial charge in [0.05, 0.1) is 10.6 Å². The highest BCUT2D eigenvalue weighted by Crippen LogP contribution is 2.29. The van der Waals surface area contributed by atoms with Gasteiger partial charge in [-0.2, -0.15) is 0 Å². The van der Waals surface area contributed by atoms with Crippen LogP contribution in [0.4, 0.5) is 10.1 Å². The van der Waals surface area contributed by atoms with Crippen molar-refractivity contribution in [1.82, 2.24) is 10.2 Å². The maximum atomic E-state index is 13.9. The summed E-state index contributed by atoms with van der Waals surface area (Å²) in [6, 6.07) is 16.5. The molecular formula is C29H34FN3O4S. The van der Waals surface area contributed by atoms with Crippen LogP contribution in [0, 0.1) is 26.6 Å². The molecule has 0 saturated carbocycles. The van der Waals surface area contributed by atoms with E-state index < -0.39 is 34.3 Å². The fraction of sp³-hybridized carbons (Fsp3) is 0.310. The van der Waals surface area contributed by atoms with E-state index in [0.717, 1.165) is 21.0 Å². The van der Waals surface area contributed by atoms with Gasteiger partial charge in [0.2, 0.25) is 11.8 Å². The van der Waals surface area contributed by atoms with Gasteiger partial charge in [0.15, 0.2) is 0 Å². The molecular weight excluding hydrogens is 505 g/mol. The Hall–Kier alpha value is -3.72. The Labute approximate surface area is 224 Å². The molecule has 1 N–H and O–H groups in total. The number of carbonyl (C=O) groups excluding carboxylic acids is 2. The number of benzene rings is 3.